The fourth-order valence-electron chi connectivity index (χ4n) is 2.26. The van der Waals surface area contributed by atoms with Crippen LogP contribution >= 0.6 is 0 Å². The van der Waals surface area contributed by atoms with Crippen LogP contribution in [0.4, 0.5) is 4.39 Å². The monoisotopic (exact) mass is 300 g/mol. The van der Waals surface area contributed by atoms with Crippen LogP contribution in [0, 0.1) is 11.2 Å². The lowest BCUT2D eigenvalue weighted by Crippen LogP contribution is -2.17. The van der Waals surface area contributed by atoms with Gasteiger partial charge in [-0.3, -0.25) is 9.00 Å². The van der Waals surface area contributed by atoms with Crippen molar-refractivity contribution in [3.63, 3.8) is 0 Å². The van der Waals surface area contributed by atoms with Gasteiger partial charge in [0, 0.05) is 22.1 Å². The lowest BCUT2D eigenvalue weighted by molar-refractivity contribution is -0.138. The molecule has 0 aliphatic heterocycles. The van der Waals surface area contributed by atoms with Gasteiger partial charge in [0.25, 0.3) is 0 Å². The molecule has 0 amide bonds. The van der Waals surface area contributed by atoms with E-state index >= 15 is 0 Å². The molecular weight excluding hydrogens is 283 g/mol. The highest BCUT2D eigenvalue weighted by Gasteiger charge is 2.45. The van der Waals surface area contributed by atoms with Crippen LogP contribution < -0.4 is 4.74 Å². The molecule has 1 atom stereocenters. The number of carboxylic acid groups (broad SMARTS) is 1. The van der Waals surface area contributed by atoms with Crippen LogP contribution in [-0.4, -0.2) is 28.1 Å². The van der Waals surface area contributed by atoms with Crippen molar-refractivity contribution in [2.75, 3.05) is 12.9 Å². The number of hydrogen-bond donors (Lipinski definition) is 1. The van der Waals surface area contributed by atoms with E-state index in [1.165, 1.54) is 13.2 Å². The van der Waals surface area contributed by atoms with Crippen molar-refractivity contribution in [2.45, 2.75) is 25.0 Å². The zero-order valence-electron chi connectivity index (χ0n) is 11.2. The van der Waals surface area contributed by atoms with Crippen LogP contribution in [0.25, 0.3) is 0 Å². The number of ether oxygens (including phenoxy) is 1. The van der Waals surface area contributed by atoms with Crippen LogP contribution in [0.2, 0.25) is 0 Å². The minimum atomic E-state index is -1.27. The summed E-state index contributed by atoms with van der Waals surface area (Å²) in [4.78, 5) is 10.8. The highest BCUT2D eigenvalue weighted by atomic mass is 32.2. The first-order valence-corrected chi connectivity index (χ1v) is 7.83. The predicted molar refractivity (Wildman–Crippen MR) is 73.6 cm³/mol. The summed E-state index contributed by atoms with van der Waals surface area (Å²) >= 11 is 0. The first-order valence-electron chi connectivity index (χ1n) is 6.34. The minimum absolute atomic E-state index is 0.0410. The van der Waals surface area contributed by atoms with E-state index in [0.29, 0.717) is 11.3 Å². The Morgan fingerprint density at radius 1 is 1.50 bits per heavy atom. The number of hydrogen-bond acceptors (Lipinski definition) is 3. The maximum atomic E-state index is 13.9. The Balaban J connectivity index is 2.00. The van der Waals surface area contributed by atoms with E-state index in [1.54, 1.807) is 12.1 Å². The summed E-state index contributed by atoms with van der Waals surface area (Å²) in [5.41, 5.74) is 0.000256. The second kappa shape index (κ2) is 5.91. The second-order valence-electron chi connectivity index (χ2n) is 5.23. The van der Waals surface area contributed by atoms with Crippen molar-refractivity contribution >= 4 is 16.8 Å². The second-order valence-corrected chi connectivity index (χ2v) is 6.69. The predicted octanol–water partition coefficient (Wildman–Crippen LogP) is 2.34. The van der Waals surface area contributed by atoms with E-state index in [0.717, 1.165) is 12.8 Å². The summed E-state index contributed by atoms with van der Waals surface area (Å²) in [6.07, 6.45) is 1.61. The summed E-state index contributed by atoms with van der Waals surface area (Å²) in [7, 11) is 0.106. The van der Waals surface area contributed by atoms with Gasteiger partial charge in [-0.05, 0) is 24.3 Å². The highest BCUT2D eigenvalue weighted by molar-refractivity contribution is 7.84. The molecule has 0 spiro atoms. The van der Waals surface area contributed by atoms with Gasteiger partial charge in [-0.2, -0.15) is 0 Å². The van der Waals surface area contributed by atoms with Gasteiger partial charge < -0.3 is 9.84 Å². The van der Waals surface area contributed by atoms with Crippen molar-refractivity contribution in [2.24, 2.45) is 5.41 Å². The molecule has 1 unspecified atom stereocenters. The van der Waals surface area contributed by atoms with Gasteiger partial charge in [0.15, 0.2) is 11.6 Å². The van der Waals surface area contributed by atoms with Gasteiger partial charge in [0.1, 0.15) is 0 Å². The van der Waals surface area contributed by atoms with Crippen molar-refractivity contribution in [1.29, 1.82) is 0 Å². The molecule has 1 N–H and O–H groups in total. The van der Waals surface area contributed by atoms with Gasteiger partial charge in [-0.25, -0.2) is 4.39 Å². The summed E-state index contributed by atoms with van der Waals surface area (Å²) < 4.78 is 30.9. The Kier molecular flexibility index (Phi) is 4.42. The number of halogens is 1. The maximum absolute atomic E-state index is 13.9. The fraction of sp³-hybridized carbons (Fsp3) is 0.500. The SMILES string of the molecule is COc1cccc(CS(=O)CC2(CC(=O)O)CC2)c1F. The molecule has 2 rings (SSSR count). The number of aliphatic carboxylic acids is 1. The Labute approximate surface area is 119 Å². The van der Waals surface area contributed by atoms with Crippen LogP contribution in [0.1, 0.15) is 24.8 Å². The lowest BCUT2D eigenvalue weighted by Gasteiger charge is -2.12. The zero-order chi connectivity index (χ0) is 14.8. The molecule has 1 aliphatic rings. The maximum Gasteiger partial charge on any atom is 0.303 e. The molecule has 0 heterocycles. The van der Waals surface area contributed by atoms with E-state index in [1.807, 2.05) is 0 Å². The van der Waals surface area contributed by atoms with Gasteiger partial charge >= 0.3 is 5.97 Å². The standard InChI is InChI=1S/C14H17FO4S/c1-19-11-4-2-3-10(13(11)15)8-20(18)9-14(5-6-14)7-12(16)17/h2-4H,5-9H2,1H3,(H,16,17). The zero-order valence-corrected chi connectivity index (χ0v) is 12.0. The van der Waals surface area contributed by atoms with Gasteiger partial charge in [-0.1, -0.05) is 12.1 Å². The third-order valence-corrected chi connectivity index (χ3v) is 5.10. The van der Waals surface area contributed by atoms with Crippen LogP contribution in [0.15, 0.2) is 18.2 Å². The smallest absolute Gasteiger partial charge is 0.303 e. The minimum Gasteiger partial charge on any atom is -0.494 e. The van der Waals surface area contributed by atoms with E-state index in [9.17, 15) is 13.4 Å². The quantitative estimate of drug-likeness (QED) is 0.839. The topological polar surface area (TPSA) is 63.6 Å². The number of benzene rings is 1. The molecule has 1 aromatic rings. The van der Waals surface area contributed by atoms with E-state index in [-0.39, 0.29) is 23.3 Å². The number of carboxylic acids is 1. The molecule has 1 aromatic carbocycles. The molecule has 1 fully saturated rings. The molecule has 0 aromatic heterocycles. The molecule has 4 nitrogen and oxygen atoms in total. The summed E-state index contributed by atoms with van der Waals surface area (Å²) in [6, 6.07) is 4.74. The van der Waals surface area contributed by atoms with E-state index in [4.69, 9.17) is 9.84 Å². The van der Waals surface area contributed by atoms with Crippen LogP contribution in [0.5, 0.6) is 5.75 Å². The lowest BCUT2D eigenvalue weighted by atomic mass is 10.1. The van der Waals surface area contributed by atoms with Crippen molar-refractivity contribution in [1.82, 2.24) is 0 Å². The third kappa shape index (κ3) is 3.56. The molecule has 0 radical (unpaired) electrons. The first-order chi connectivity index (χ1) is 9.46. The van der Waals surface area contributed by atoms with Crippen molar-refractivity contribution in [3.8, 4) is 5.75 Å². The third-order valence-electron chi connectivity index (χ3n) is 3.53. The molecule has 0 saturated heterocycles. The number of methoxy groups -OCH3 is 1. The Bertz CT molecular complexity index is 540. The van der Waals surface area contributed by atoms with Crippen LogP contribution in [-0.2, 0) is 21.3 Å². The molecule has 110 valence electrons. The number of rotatable bonds is 7. The Morgan fingerprint density at radius 3 is 2.75 bits per heavy atom. The van der Waals surface area contributed by atoms with Crippen LogP contribution in [0.3, 0.4) is 0 Å². The molecule has 6 heteroatoms. The Hall–Kier alpha value is -1.43. The summed E-state index contributed by atoms with van der Waals surface area (Å²) in [5.74, 6) is -0.829. The van der Waals surface area contributed by atoms with Gasteiger partial charge in [0.05, 0.1) is 19.3 Å². The van der Waals surface area contributed by atoms with Crippen molar-refractivity contribution < 1.29 is 23.2 Å². The number of carbonyl (C=O) groups is 1. The van der Waals surface area contributed by atoms with E-state index < -0.39 is 22.6 Å². The van der Waals surface area contributed by atoms with E-state index in [2.05, 4.69) is 0 Å². The van der Waals surface area contributed by atoms with Crippen molar-refractivity contribution in [3.05, 3.63) is 29.6 Å². The molecule has 20 heavy (non-hydrogen) atoms. The average Bonchev–Trinajstić information content (AvgIpc) is 3.10. The molecule has 1 saturated carbocycles. The highest BCUT2D eigenvalue weighted by Crippen LogP contribution is 2.49. The molecule has 0 bridgehead atoms. The normalized spacial score (nSPS) is 17.5. The molecule has 1 aliphatic carbocycles. The van der Waals surface area contributed by atoms with Gasteiger partial charge in [-0.15, -0.1) is 0 Å². The molecular formula is C14H17FO4S. The Morgan fingerprint density at radius 2 is 2.20 bits per heavy atom. The largest absolute Gasteiger partial charge is 0.494 e. The fourth-order valence-corrected chi connectivity index (χ4v) is 4.01. The average molecular weight is 300 g/mol. The first kappa shape index (κ1) is 15.0. The summed E-state index contributed by atoms with van der Waals surface area (Å²) in [6.45, 7) is 0. The van der Waals surface area contributed by atoms with Gasteiger partial charge in [0.2, 0.25) is 0 Å². The summed E-state index contributed by atoms with van der Waals surface area (Å²) in [5, 5.41) is 8.83.